The van der Waals surface area contributed by atoms with E-state index >= 15 is 0 Å². The summed E-state index contributed by atoms with van der Waals surface area (Å²) in [6, 6.07) is 0.210. The Morgan fingerprint density at radius 1 is 1.47 bits per heavy atom. The third-order valence-electron chi connectivity index (χ3n) is 2.84. The van der Waals surface area contributed by atoms with E-state index in [1.807, 2.05) is 11.6 Å². The highest BCUT2D eigenvalue weighted by molar-refractivity contribution is 7.09. The molecule has 1 rings (SSSR count). The zero-order chi connectivity index (χ0) is 12.7. The van der Waals surface area contributed by atoms with Crippen LogP contribution in [0.2, 0.25) is 0 Å². The van der Waals surface area contributed by atoms with E-state index in [1.54, 1.807) is 11.3 Å². The van der Waals surface area contributed by atoms with Crippen LogP contribution >= 0.6 is 11.3 Å². The molecule has 0 aliphatic heterocycles. The van der Waals surface area contributed by atoms with Crippen molar-refractivity contribution in [2.24, 2.45) is 0 Å². The summed E-state index contributed by atoms with van der Waals surface area (Å²) in [4.78, 5) is 6.47. The molecule has 0 aromatic carbocycles. The Balaban J connectivity index is 2.25. The lowest BCUT2D eigenvalue weighted by atomic mass is 10.3. The standard InChI is InChI=1S/C12H23N3OS/c1-4-15(5-2)9-11(16)8-14-10(3)12-13-6-7-17-12/h6-7,10-11,14,16H,4-5,8-9H2,1-3H3. The zero-order valence-electron chi connectivity index (χ0n) is 10.9. The second kappa shape index (κ2) is 7.76. The summed E-state index contributed by atoms with van der Waals surface area (Å²) in [5.74, 6) is 0. The van der Waals surface area contributed by atoms with Gasteiger partial charge < -0.3 is 15.3 Å². The maximum absolute atomic E-state index is 9.91. The van der Waals surface area contributed by atoms with Crippen molar-refractivity contribution in [1.82, 2.24) is 15.2 Å². The molecule has 0 aliphatic carbocycles. The number of nitrogens with zero attached hydrogens (tertiary/aromatic N) is 2. The molecular formula is C12H23N3OS. The number of aliphatic hydroxyl groups excluding tert-OH is 1. The van der Waals surface area contributed by atoms with E-state index in [4.69, 9.17) is 0 Å². The van der Waals surface area contributed by atoms with Crippen LogP contribution in [0.3, 0.4) is 0 Å². The third-order valence-corrected chi connectivity index (χ3v) is 3.80. The summed E-state index contributed by atoms with van der Waals surface area (Å²) < 4.78 is 0. The molecule has 0 spiro atoms. The van der Waals surface area contributed by atoms with Gasteiger partial charge in [-0.15, -0.1) is 11.3 Å². The second-order valence-electron chi connectivity index (χ2n) is 4.14. The van der Waals surface area contributed by atoms with Gasteiger partial charge in [0.05, 0.1) is 12.1 Å². The van der Waals surface area contributed by atoms with Gasteiger partial charge in [-0.1, -0.05) is 13.8 Å². The molecule has 5 heteroatoms. The monoisotopic (exact) mass is 257 g/mol. The maximum Gasteiger partial charge on any atom is 0.109 e. The normalized spacial score (nSPS) is 15.1. The molecule has 2 N–H and O–H groups in total. The quantitative estimate of drug-likeness (QED) is 0.741. The molecule has 1 aromatic rings. The predicted molar refractivity (Wildman–Crippen MR) is 72.3 cm³/mol. The summed E-state index contributed by atoms with van der Waals surface area (Å²) >= 11 is 1.64. The lowest BCUT2D eigenvalue weighted by molar-refractivity contribution is 0.114. The van der Waals surface area contributed by atoms with E-state index in [0.717, 1.165) is 24.6 Å². The van der Waals surface area contributed by atoms with E-state index in [0.29, 0.717) is 6.54 Å². The molecule has 17 heavy (non-hydrogen) atoms. The first-order valence-corrected chi connectivity index (χ1v) is 7.08. The Morgan fingerprint density at radius 3 is 2.71 bits per heavy atom. The van der Waals surface area contributed by atoms with Gasteiger partial charge in [-0.25, -0.2) is 4.98 Å². The molecule has 2 atom stereocenters. The van der Waals surface area contributed by atoms with Gasteiger partial charge in [0, 0.05) is 24.7 Å². The molecule has 4 nitrogen and oxygen atoms in total. The average Bonchev–Trinajstić information content (AvgIpc) is 2.86. The van der Waals surface area contributed by atoms with Crippen LogP contribution in [0.5, 0.6) is 0 Å². The first-order valence-electron chi connectivity index (χ1n) is 6.20. The van der Waals surface area contributed by atoms with Crippen LogP contribution in [0, 0.1) is 0 Å². The molecule has 0 saturated carbocycles. The molecule has 0 bridgehead atoms. The predicted octanol–water partition coefficient (Wildman–Crippen LogP) is 1.50. The van der Waals surface area contributed by atoms with E-state index < -0.39 is 0 Å². The van der Waals surface area contributed by atoms with Crippen molar-refractivity contribution in [3.05, 3.63) is 16.6 Å². The molecule has 1 aromatic heterocycles. The number of hydrogen-bond acceptors (Lipinski definition) is 5. The molecule has 0 amide bonds. The first-order chi connectivity index (χ1) is 8.17. The van der Waals surface area contributed by atoms with Crippen LogP contribution in [0.1, 0.15) is 31.8 Å². The highest BCUT2D eigenvalue weighted by Crippen LogP contribution is 2.14. The van der Waals surface area contributed by atoms with Gasteiger partial charge in [-0.3, -0.25) is 0 Å². The van der Waals surface area contributed by atoms with Crippen LogP contribution in [0.25, 0.3) is 0 Å². The Hall–Kier alpha value is -0.490. The topological polar surface area (TPSA) is 48.4 Å². The lowest BCUT2D eigenvalue weighted by Crippen LogP contribution is -2.38. The van der Waals surface area contributed by atoms with Crippen molar-refractivity contribution in [2.45, 2.75) is 32.9 Å². The maximum atomic E-state index is 9.91. The van der Waals surface area contributed by atoms with Crippen molar-refractivity contribution in [3.63, 3.8) is 0 Å². The van der Waals surface area contributed by atoms with E-state index in [-0.39, 0.29) is 12.1 Å². The first kappa shape index (κ1) is 14.6. The fraction of sp³-hybridized carbons (Fsp3) is 0.750. The molecule has 1 heterocycles. The minimum atomic E-state index is -0.322. The SMILES string of the molecule is CCN(CC)CC(O)CNC(C)c1nccs1. The van der Waals surface area contributed by atoms with Crippen molar-refractivity contribution in [1.29, 1.82) is 0 Å². The third kappa shape index (κ3) is 5.12. The van der Waals surface area contributed by atoms with Crippen LogP contribution in [0.15, 0.2) is 11.6 Å². The summed E-state index contributed by atoms with van der Waals surface area (Å²) in [5.41, 5.74) is 0. The summed E-state index contributed by atoms with van der Waals surface area (Å²) in [7, 11) is 0. The smallest absolute Gasteiger partial charge is 0.109 e. The fourth-order valence-corrected chi connectivity index (χ4v) is 2.36. The van der Waals surface area contributed by atoms with Gasteiger partial charge in [0.2, 0.25) is 0 Å². The zero-order valence-corrected chi connectivity index (χ0v) is 11.7. The minimum Gasteiger partial charge on any atom is -0.390 e. The number of hydrogen-bond donors (Lipinski definition) is 2. The van der Waals surface area contributed by atoms with Gasteiger partial charge in [-0.2, -0.15) is 0 Å². The summed E-state index contributed by atoms with van der Waals surface area (Å²) in [6.07, 6.45) is 1.49. The molecule has 0 fully saturated rings. The second-order valence-corrected chi connectivity index (χ2v) is 5.07. The Bertz CT molecular complexity index is 288. The van der Waals surface area contributed by atoms with Crippen molar-refractivity contribution in [2.75, 3.05) is 26.2 Å². The minimum absolute atomic E-state index is 0.210. The van der Waals surface area contributed by atoms with E-state index in [2.05, 4.69) is 36.0 Å². The van der Waals surface area contributed by atoms with Crippen LogP contribution < -0.4 is 5.32 Å². The Labute approximate surface area is 108 Å². The Kier molecular flexibility index (Phi) is 6.65. The molecule has 98 valence electrons. The number of aliphatic hydroxyl groups is 1. The van der Waals surface area contributed by atoms with Gasteiger partial charge in [0.1, 0.15) is 5.01 Å². The van der Waals surface area contributed by atoms with Crippen molar-refractivity contribution in [3.8, 4) is 0 Å². The van der Waals surface area contributed by atoms with Crippen molar-refractivity contribution < 1.29 is 5.11 Å². The Morgan fingerprint density at radius 2 is 2.18 bits per heavy atom. The number of thiazole rings is 1. The average molecular weight is 257 g/mol. The van der Waals surface area contributed by atoms with Crippen LogP contribution in [-0.2, 0) is 0 Å². The molecule has 0 saturated heterocycles. The number of rotatable bonds is 8. The van der Waals surface area contributed by atoms with Crippen LogP contribution in [-0.4, -0.2) is 47.3 Å². The molecule has 2 unspecified atom stereocenters. The largest absolute Gasteiger partial charge is 0.390 e. The summed E-state index contributed by atoms with van der Waals surface area (Å²) in [6.45, 7) is 9.60. The van der Waals surface area contributed by atoms with Gasteiger partial charge in [0.25, 0.3) is 0 Å². The number of aromatic nitrogens is 1. The van der Waals surface area contributed by atoms with Crippen LogP contribution in [0.4, 0.5) is 0 Å². The number of nitrogens with one attached hydrogen (secondary N) is 1. The summed E-state index contributed by atoms with van der Waals surface area (Å²) in [5, 5.41) is 16.3. The van der Waals surface area contributed by atoms with Crippen molar-refractivity contribution >= 4 is 11.3 Å². The molecule has 0 aliphatic rings. The fourth-order valence-electron chi connectivity index (χ4n) is 1.69. The highest BCUT2D eigenvalue weighted by atomic mass is 32.1. The number of likely N-dealkylation sites (N-methyl/N-ethyl adjacent to an activating group) is 1. The van der Waals surface area contributed by atoms with Gasteiger partial charge in [0.15, 0.2) is 0 Å². The highest BCUT2D eigenvalue weighted by Gasteiger charge is 2.12. The lowest BCUT2D eigenvalue weighted by Gasteiger charge is -2.23. The van der Waals surface area contributed by atoms with Gasteiger partial charge in [-0.05, 0) is 20.0 Å². The van der Waals surface area contributed by atoms with Gasteiger partial charge >= 0.3 is 0 Å². The molecule has 0 radical (unpaired) electrons. The van der Waals surface area contributed by atoms with E-state index in [1.165, 1.54) is 0 Å². The van der Waals surface area contributed by atoms with E-state index in [9.17, 15) is 5.11 Å². The molecular weight excluding hydrogens is 234 g/mol.